The van der Waals surface area contributed by atoms with E-state index in [-0.39, 0.29) is 17.0 Å². The minimum Gasteiger partial charge on any atom is -0.395 e. The van der Waals surface area contributed by atoms with Crippen LogP contribution in [0.1, 0.15) is 12.8 Å². The van der Waals surface area contributed by atoms with Gasteiger partial charge in [-0.1, -0.05) is 11.8 Å². The quantitative estimate of drug-likeness (QED) is 0.561. The molecule has 0 spiro atoms. The van der Waals surface area contributed by atoms with Gasteiger partial charge in [-0.3, -0.25) is 4.79 Å². The van der Waals surface area contributed by atoms with Crippen molar-refractivity contribution >= 4 is 16.9 Å². The van der Waals surface area contributed by atoms with E-state index in [1.807, 2.05) is 0 Å². The highest BCUT2D eigenvalue weighted by Crippen LogP contribution is 2.26. The molecule has 1 rings (SSSR count). The Morgan fingerprint density at radius 3 is 2.88 bits per heavy atom. The Morgan fingerprint density at radius 2 is 2.62 bits per heavy atom. The molecule has 1 atom stereocenters. The molecule has 1 aliphatic heterocycles. The van der Waals surface area contributed by atoms with Crippen molar-refractivity contribution in [2.24, 2.45) is 0 Å². The molecular formula is C5H8O2S. The maximum Gasteiger partial charge on any atom is 0.189 e. The molecule has 1 heterocycles. The van der Waals surface area contributed by atoms with Crippen LogP contribution in [0.15, 0.2) is 0 Å². The van der Waals surface area contributed by atoms with Gasteiger partial charge in [0, 0.05) is 11.7 Å². The molecule has 1 fully saturated rings. The van der Waals surface area contributed by atoms with Crippen molar-refractivity contribution in [3.8, 4) is 0 Å². The molecule has 2 nitrogen and oxygen atoms in total. The van der Waals surface area contributed by atoms with Crippen molar-refractivity contribution in [1.82, 2.24) is 0 Å². The molecule has 8 heavy (non-hydrogen) atoms. The Hall–Kier alpha value is -0.0200. The highest BCUT2D eigenvalue weighted by atomic mass is 32.2. The Labute approximate surface area is 52.3 Å². The first-order chi connectivity index (χ1) is 3.83. The maximum atomic E-state index is 10.5. The largest absolute Gasteiger partial charge is 0.395 e. The molecule has 0 amide bonds. The van der Waals surface area contributed by atoms with E-state index in [4.69, 9.17) is 5.11 Å². The monoisotopic (exact) mass is 132 g/mol. The van der Waals surface area contributed by atoms with Crippen LogP contribution in [-0.2, 0) is 4.79 Å². The minimum absolute atomic E-state index is 0.149. The van der Waals surface area contributed by atoms with Crippen molar-refractivity contribution in [2.45, 2.75) is 18.1 Å². The standard InChI is InChI=1S/C5H8O2S/c6-3-4-1-2-5(7)8-4/h4,6H,1-3H2/t4-/m0/s1. The molecule has 1 aliphatic rings. The van der Waals surface area contributed by atoms with Gasteiger partial charge in [0.15, 0.2) is 5.12 Å². The number of thioether (sulfide) groups is 1. The lowest BCUT2D eigenvalue weighted by Gasteiger charge is -1.96. The average Bonchev–Trinajstić information content (AvgIpc) is 2.14. The van der Waals surface area contributed by atoms with Gasteiger partial charge < -0.3 is 5.11 Å². The summed E-state index contributed by atoms with van der Waals surface area (Å²) < 4.78 is 0. The number of aliphatic hydroxyl groups excluding tert-OH is 1. The minimum atomic E-state index is 0.149. The molecule has 0 saturated carbocycles. The number of hydrogen-bond acceptors (Lipinski definition) is 3. The molecule has 0 aromatic heterocycles. The number of carbonyl (C=O) groups is 1. The molecule has 1 N–H and O–H groups in total. The average molecular weight is 132 g/mol. The van der Waals surface area contributed by atoms with Gasteiger partial charge >= 0.3 is 0 Å². The third kappa shape index (κ3) is 1.23. The van der Waals surface area contributed by atoms with E-state index in [1.54, 1.807) is 0 Å². The molecule has 0 radical (unpaired) electrons. The van der Waals surface area contributed by atoms with E-state index in [9.17, 15) is 4.79 Å². The second-order valence-corrected chi connectivity index (χ2v) is 3.19. The number of rotatable bonds is 1. The van der Waals surface area contributed by atoms with E-state index < -0.39 is 0 Å². The van der Waals surface area contributed by atoms with Crippen LogP contribution in [0.4, 0.5) is 0 Å². The number of hydrogen-bond donors (Lipinski definition) is 1. The van der Waals surface area contributed by atoms with Crippen molar-refractivity contribution < 1.29 is 9.90 Å². The van der Waals surface area contributed by atoms with Crippen LogP contribution in [0.3, 0.4) is 0 Å². The predicted molar refractivity (Wildman–Crippen MR) is 32.7 cm³/mol. The van der Waals surface area contributed by atoms with Gasteiger partial charge in [0.05, 0.1) is 6.61 Å². The highest BCUT2D eigenvalue weighted by Gasteiger charge is 2.21. The summed E-state index contributed by atoms with van der Waals surface area (Å²) in [6.45, 7) is 0.149. The van der Waals surface area contributed by atoms with Crippen molar-refractivity contribution in [2.75, 3.05) is 6.61 Å². The maximum absolute atomic E-state index is 10.5. The predicted octanol–water partition coefficient (Wildman–Crippen LogP) is 0.401. The third-order valence-electron chi connectivity index (χ3n) is 1.17. The van der Waals surface area contributed by atoms with E-state index >= 15 is 0 Å². The van der Waals surface area contributed by atoms with Crippen molar-refractivity contribution in [1.29, 1.82) is 0 Å². The summed E-state index contributed by atoms with van der Waals surface area (Å²) >= 11 is 1.28. The van der Waals surface area contributed by atoms with Crippen molar-refractivity contribution in [3.63, 3.8) is 0 Å². The summed E-state index contributed by atoms with van der Waals surface area (Å²) in [6.07, 6.45) is 1.51. The summed E-state index contributed by atoms with van der Waals surface area (Å²) in [5.41, 5.74) is 0. The molecule has 0 unspecified atom stereocenters. The zero-order valence-corrected chi connectivity index (χ0v) is 5.28. The Bertz CT molecular complexity index is 103. The van der Waals surface area contributed by atoms with E-state index in [1.165, 1.54) is 11.8 Å². The van der Waals surface area contributed by atoms with Gasteiger partial charge in [0.1, 0.15) is 0 Å². The second kappa shape index (κ2) is 2.51. The van der Waals surface area contributed by atoms with Crippen LogP contribution < -0.4 is 0 Å². The highest BCUT2D eigenvalue weighted by molar-refractivity contribution is 8.14. The fourth-order valence-corrected chi connectivity index (χ4v) is 1.63. The van der Waals surface area contributed by atoms with Gasteiger partial charge in [0.2, 0.25) is 0 Å². The van der Waals surface area contributed by atoms with Crippen molar-refractivity contribution in [3.05, 3.63) is 0 Å². The van der Waals surface area contributed by atoms with Gasteiger partial charge in [0.25, 0.3) is 0 Å². The molecule has 1 saturated heterocycles. The van der Waals surface area contributed by atoms with Gasteiger partial charge in [-0.05, 0) is 6.42 Å². The first kappa shape index (κ1) is 6.11. The Morgan fingerprint density at radius 1 is 1.88 bits per heavy atom. The normalized spacial score (nSPS) is 29.1. The number of aliphatic hydroxyl groups is 1. The van der Waals surface area contributed by atoms with Gasteiger partial charge in [-0.2, -0.15) is 0 Å². The summed E-state index contributed by atoms with van der Waals surface area (Å²) in [7, 11) is 0. The SMILES string of the molecule is O=C1CC[C@@H](CO)S1. The van der Waals surface area contributed by atoms with Crippen LogP contribution in [0, 0.1) is 0 Å². The third-order valence-corrected chi connectivity index (χ3v) is 2.36. The summed E-state index contributed by atoms with van der Waals surface area (Å²) in [5, 5.41) is 8.93. The molecule has 46 valence electrons. The smallest absolute Gasteiger partial charge is 0.189 e. The molecule has 0 bridgehead atoms. The van der Waals surface area contributed by atoms with Gasteiger partial charge in [-0.15, -0.1) is 0 Å². The lowest BCUT2D eigenvalue weighted by molar-refractivity contribution is -0.110. The summed E-state index contributed by atoms with van der Waals surface area (Å²) in [5.74, 6) is 0. The molecule has 0 aromatic rings. The molecule has 0 aromatic carbocycles. The van der Waals surface area contributed by atoms with E-state index in [2.05, 4.69) is 0 Å². The van der Waals surface area contributed by atoms with Crippen LogP contribution >= 0.6 is 11.8 Å². The topological polar surface area (TPSA) is 37.3 Å². The molecule has 3 heteroatoms. The lowest BCUT2D eigenvalue weighted by Crippen LogP contribution is -2.01. The number of carbonyl (C=O) groups excluding carboxylic acids is 1. The second-order valence-electron chi connectivity index (χ2n) is 1.83. The Balaban J connectivity index is 2.32. The van der Waals surface area contributed by atoms with Crippen LogP contribution in [0.25, 0.3) is 0 Å². The first-order valence-electron chi connectivity index (χ1n) is 2.63. The van der Waals surface area contributed by atoms with E-state index in [0.29, 0.717) is 6.42 Å². The molecular weight excluding hydrogens is 124 g/mol. The zero-order chi connectivity index (χ0) is 5.98. The zero-order valence-electron chi connectivity index (χ0n) is 4.46. The fourth-order valence-electron chi connectivity index (χ4n) is 0.711. The van der Waals surface area contributed by atoms with Crippen LogP contribution in [0.5, 0.6) is 0 Å². The Kier molecular flexibility index (Phi) is 1.91. The van der Waals surface area contributed by atoms with E-state index in [0.717, 1.165) is 6.42 Å². The van der Waals surface area contributed by atoms with Crippen LogP contribution in [-0.4, -0.2) is 22.1 Å². The lowest BCUT2D eigenvalue weighted by atomic mass is 10.3. The molecule has 0 aliphatic carbocycles. The first-order valence-corrected chi connectivity index (χ1v) is 3.51. The van der Waals surface area contributed by atoms with Crippen LogP contribution in [0.2, 0.25) is 0 Å². The fraction of sp³-hybridized carbons (Fsp3) is 0.800. The summed E-state index contributed by atoms with van der Waals surface area (Å²) in [6, 6.07) is 0. The van der Waals surface area contributed by atoms with Gasteiger partial charge in [-0.25, -0.2) is 0 Å². The summed E-state index contributed by atoms with van der Waals surface area (Å²) in [4.78, 5) is 10.5.